The molecule has 2 aliphatic carbocycles. The Morgan fingerprint density at radius 1 is 0.586 bits per heavy atom. The molecule has 6 rings (SSSR count). The van der Waals surface area contributed by atoms with Crippen LogP contribution >= 0.6 is 0 Å². The first kappa shape index (κ1) is 16.2. The maximum absolute atomic E-state index is 13.3. The second-order valence-corrected chi connectivity index (χ2v) is 7.49. The Hall–Kier alpha value is -3.79. The van der Waals surface area contributed by atoms with Gasteiger partial charge in [0, 0.05) is 33.7 Å². The van der Waals surface area contributed by atoms with Crippen molar-refractivity contribution in [2.45, 2.75) is 5.92 Å². The highest BCUT2D eigenvalue weighted by atomic mass is 16.5. The van der Waals surface area contributed by atoms with Crippen molar-refractivity contribution in [2.24, 2.45) is 5.92 Å². The van der Waals surface area contributed by atoms with Crippen LogP contribution in [-0.4, -0.2) is 17.3 Å². The fourth-order valence-corrected chi connectivity index (χ4v) is 4.78. The summed E-state index contributed by atoms with van der Waals surface area (Å²) in [4.78, 5) is 39.9. The lowest BCUT2D eigenvalue weighted by Gasteiger charge is -2.29. The van der Waals surface area contributed by atoms with Crippen molar-refractivity contribution < 1.29 is 19.1 Å². The van der Waals surface area contributed by atoms with Crippen molar-refractivity contribution in [3.8, 4) is 5.75 Å². The molecule has 0 bridgehead atoms. The van der Waals surface area contributed by atoms with Gasteiger partial charge in [0.2, 0.25) is 0 Å². The lowest BCUT2D eigenvalue weighted by molar-refractivity contribution is 0.0820. The topological polar surface area (TPSA) is 60.4 Å². The summed E-state index contributed by atoms with van der Waals surface area (Å²) in [6, 6.07) is 21.5. The molecule has 1 heterocycles. The van der Waals surface area contributed by atoms with E-state index in [0.717, 1.165) is 0 Å². The third-order valence-electron chi connectivity index (χ3n) is 6.04. The van der Waals surface area contributed by atoms with Crippen LogP contribution in [-0.2, 0) is 0 Å². The molecule has 1 aliphatic heterocycles. The van der Waals surface area contributed by atoms with Crippen LogP contribution in [0.3, 0.4) is 0 Å². The molecule has 3 aliphatic rings. The molecule has 0 fully saturated rings. The molecule has 1 unspecified atom stereocenters. The number of para-hydroxylation sites is 1. The molecule has 3 aromatic rings. The fraction of sp³-hybridized carbons (Fsp3) is 0.0800. The van der Waals surface area contributed by atoms with Gasteiger partial charge in [-0.1, -0.05) is 66.7 Å². The normalized spacial score (nSPS) is 19.6. The van der Waals surface area contributed by atoms with Gasteiger partial charge in [-0.15, -0.1) is 0 Å². The molecule has 4 heteroatoms. The lowest BCUT2D eigenvalue weighted by Crippen LogP contribution is -2.30. The number of carbonyl (C=O) groups excluding carboxylic acids is 3. The summed E-state index contributed by atoms with van der Waals surface area (Å²) in [6.07, 6.45) is 0. The summed E-state index contributed by atoms with van der Waals surface area (Å²) in [5, 5.41) is 0. The zero-order chi connectivity index (χ0) is 19.7. The Morgan fingerprint density at radius 2 is 1.14 bits per heavy atom. The van der Waals surface area contributed by atoms with E-state index in [1.54, 1.807) is 36.4 Å². The quantitative estimate of drug-likeness (QED) is 0.587. The van der Waals surface area contributed by atoms with Crippen LogP contribution in [0, 0.1) is 5.92 Å². The molecule has 0 radical (unpaired) electrons. The summed E-state index contributed by atoms with van der Waals surface area (Å²) in [7, 11) is 0. The van der Waals surface area contributed by atoms with Crippen molar-refractivity contribution in [2.75, 3.05) is 0 Å². The Kier molecular flexibility index (Phi) is 3.13. The minimum atomic E-state index is -0.958. The van der Waals surface area contributed by atoms with Gasteiger partial charge < -0.3 is 4.74 Å². The van der Waals surface area contributed by atoms with Crippen LogP contribution < -0.4 is 4.74 Å². The third kappa shape index (κ3) is 2.00. The first-order valence-electron chi connectivity index (χ1n) is 9.49. The molecule has 0 saturated heterocycles. The van der Waals surface area contributed by atoms with Crippen LogP contribution in [0.4, 0.5) is 0 Å². The molecule has 4 nitrogen and oxygen atoms in total. The van der Waals surface area contributed by atoms with Crippen LogP contribution in [0.5, 0.6) is 5.75 Å². The molecule has 1 atom stereocenters. The Labute approximate surface area is 166 Å². The number of allylic oxidation sites excluding steroid dienone is 1. The number of rotatable bonds is 1. The SMILES string of the molecule is O=C1C2=C(Oc3ccccc3C2C2C(=O)c3ccccc3C2=O)c2ccccc21. The zero-order valence-electron chi connectivity index (χ0n) is 15.2. The van der Waals surface area contributed by atoms with Crippen molar-refractivity contribution in [3.05, 3.63) is 106 Å². The van der Waals surface area contributed by atoms with Gasteiger partial charge in [0.1, 0.15) is 11.5 Å². The second-order valence-electron chi connectivity index (χ2n) is 7.49. The van der Waals surface area contributed by atoms with Crippen molar-refractivity contribution in [1.82, 2.24) is 0 Å². The van der Waals surface area contributed by atoms with Gasteiger partial charge in [0.15, 0.2) is 17.3 Å². The van der Waals surface area contributed by atoms with Gasteiger partial charge in [-0.3, -0.25) is 14.4 Å². The standard InChI is InChI=1S/C25H14O4/c26-22-13-7-1-2-8-14(13)23(27)20(22)19-17-11-5-6-12-18(17)29-25-16-10-4-3-9-15(16)24(28)21(19)25/h1-12,19-20H. The van der Waals surface area contributed by atoms with Crippen LogP contribution in [0.2, 0.25) is 0 Å². The number of fused-ring (bicyclic) bond motifs is 4. The molecule has 3 aromatic carbocycles. The van der Waals surface area contributed by atoms with E-state index in [4.69, 9.17) is 4.74 Å². The van der Waals surface area contributed by atoms with Crippen molar-refractivity contribution in [3.63, 3.8) is 0 Å². The average molecular weight is 378 g/mol. The molecular weight excluding hydrogens is 364 g/mol. The van der Waals surface area contributed by atoms with E-state index >= 15 is 0 Å². The van der Waals surface area contributed by atoms with Crippen LogP contribution in [0.15, 0.2) is 78.4 Å². The predicted octanol–water partition coefficient (Wildman–Crippen LogP) is 4.47. The molecular formula is C25H14O4. The summed E-state index contributed by atoms with van der Waals surface area (Å²) >= 11 is 0. The average Bonchev–Trinajstić information content (AvgIpc) is 3.19. The van der Waals surface area contributed by atoms with E-state index in [0.29, 0.717) is 44.9 Å². The number of carbonyl (C=O) groups is 3. The monoisotopic (exact) mass is 378 g/mol. The minimum absolute atomic E-state index is 0.174. The van der Waals surface area contributed by atoms with E-state index in [9.17, 15) is 14.4 Å². The van der Waals surface area contributed by atoms with Crippen molar-refractivity contribution in [1.29, 1.82) is 0 Å². The van der Waals surface area contributed by atoms with Gasteiger partial charge in [-0.25, -0.2) is 0 Å². The number of hydrogen-bond acceptors (Lipinski definition) is 4. The minimum Gasteiger partial charge on any atom is -0.456 e. The highest BCUT2D eigenvalue weighted by molar-refractivity contribution is 6.29. The molecule has 0 aromatic heterocycles. The van der Waals surface area contributed by atoms with Crippen molar-refractivity contribution >= 4 is 23.1 Å². The number of Topliss-reactive ketones (excluding diaryl/α,β-unsaturated/α-hetero) is 3. The zero-order valence-corrected chi connectivity index (χ0v) is 15.2. The highest BCUT2D eigenvalue weighted by Gasteiger charge is 2.51. The molecule has 0 N–H and O–H groups in total. The molecule has 138 valence electrons. The van der Waals surface area contributed by atoms with Crippen LogP contribution in [0.1, 0.15) is 48.1 Å². The molecule has 0 saturated carbocycles. The van der Waals surface area contributed by atoms with Gasteiger partial charge in [0.25, 0.3) is 0 Å². The van der Waals surface area contributed by atoms with Gasteiger partial charge in [-0.2, -0.15) is 0 Å². The largest absolute Gasteiger partial charge is 0.456 e. The van der Waals surface area contributed by atoms with E-state index < -0.39 is 11.8 Å². The number of hydrogen-bond donors (Lipinski definition) is 0. The van der Waals surface area contributed by atoms with E-state index in [1.807, 2.05) is 36.4 Å². The van der Waals surface area contributed by atoms with Gasteiger partial charge >= 0.3 is 0 Å². The first-order chi connectivity index (χ1) is 14.2. The first-order valence-corrected chi connectivity index (χ1v) is 9.49. The van der Waals surface area contributed by atoms with Crippen LogP contribution in [0.25, 0.3) is 5.76 Å². The van der Waals surface area contributed by atoms with E-state index in [-0.39, 0.29) is 17.3 Å². The Morgan fingerprint density at radius 3 is 1.83 bits per heavy atom. The third-order valence-corrected chi connectivity index (χ3v) is 6.04. The number of benzene rings is 3. The molecule has 29 heavy (non-hydrogen) atoms. The Bertz CT molecular complexity index is 1260. The summed E-state index contributed by atoms with van der Waals surface area (Å²) in [5.41, 5.74) is 3.22. The van der Waals surface area contributed by atoms with E-state index in [1.165, 1.54) is 0 Å². The van der Waals surface area contributed by atoms with Gasteiger partial charge in [0.05, 0.1) is 11.5 Å². The number of ether oxygens (including phenoxy) is 1. The maximum Gasteiger partial charge on any atom is 0.194 e. The summed E-state index contributed by atoms with van der Waals surface area (Å²) in [6.45, 7) is 0. The second kappa shape index (κ2) is 5.61. The maximum atomic E-state index is 13.3. The molecule has 0 spiro atoms. The van der Waals surface area contributed by atoms with E-state index in [2.05, 4.69) is 0 Å². The lowest BCUT2D eigenvalue weighted by atomic mass is 9.75. The highest BCUT2D eigenvalue weighted by Crippen LogP contribution is 2.52. The summed E-state index contributed by atoms with van der Waals surface area (Å²) < 4.78 is 6.13. The fourth-order valence-electron chi connectivity index (χ4n) is 4.78. The molecule has 0 amide bonds. The van der Waals surface area contributed by atoms with Gasteiger partial charge in [-0.05, 0) is 6.07 Å². The smallest absolute Gasteiger partial charge is 0.194 e. The Balaban J connectivity index is 1.60. The number of ketones is 3. The summed E-state index contributed by atoms with van der Waals surface area (Å²) in [5.74, 6) is -1.22. The predicted molar refractivity (Wildman–Crippen MR) is 106 cm³/mol.